The number of hydrogen-bond donors (Lipinski definition) is 1. The normalized spacial score (nSPS) is 9.79. The molecule has 78 valence electrons. The van der Waals surface area contributed by atoms with Crippen LogP contribution in [0.2, 0.25) is 0 Å². The lowest BCUT2D eigenvalue weighted by atomic mass is 10.2. The van der Waals surface area contributed by atoms with Gasteiger partial charge < -0.3 is 5.32 Å². The van der Waals surface area contributed by atoms with Crippen molar-refractivity contribution in [2.45, 2.75) is 26.2 Å². The Bertz CT molecular complexity index is 230. The number of carbonyl (C=O) groups is 1. The molecule has 0 rings (SSSR count). The second-order valence-electron chi connectivity index (χ2n) is 2.82. The van der Waals surface area contributed by atoms with Crippen LogP contribution in [0.25, 0.3) is 0 Å². The maximum absolute atomic E-state index is 10.9. The van der Waals surface area contributed by atoms with Gasteiger partial charge in [-0.15, -0.1) is 0 Å². The Hall–Kier alpha value is -1.41. The second-order valence-corrected chi connectivity index (χ2v) is 2.82. The Morgan fingerprint density at radius 3 is 2.86 bits per heavy atom. The van der Waals surface area contributed by atoms with E-state index >= 15 is 0 Å². The number of nitrogens with zero attached hydrogens (tertiary/aromatic N) is 1. The van der Waals surface area contributed by atoms with Gasteiger partial charge in [-0.3, -0.25) is 4.79 Å². The Kier molecular flexibility index (Phi) is 8.70. The van der Waals surface area contributed by atoms with Crippen LogP contribution in [-0.4, -0.2) is 25.1 Å². The summed E-state index contributed by atoms with van der Waals surface area (Å²) in [6.45, 7) is 3.01. The van der Waals surface area contributed by atoms with Gasteiger partial charge in [0.05, 0.1) is 6.54 Å². The summed E-state index contributed by atoms with van der Waals surface area (Å²) in [4.78, 5) is 24.0. The van der Waals surface area contributed by atoms with Gasteiger partial charge in [-0.2, -0.15) is 0 Å². The van der Waals surface area contributed by atoms with Crippen molar-refractivity contribution in [1.82, 2.24) is 5.32 Å². The van der Waals surface area contributed by atoms with Crippen LogP contribution >= 0.6 is 0 Å². The summed E-state index contributed by atoms with van der Waals surface area (Å²) >= 11 is 0. The van der Waals surface area contributed by atoms with E-state index in [2.05, 4.69) is 10.3 Å². The zero-order valence-corrected chi connectivity index (χ0v) is 8.45. The molecule has 4 nitrogen and oxygen atoms in total. The first-order valence-corrected chi connectivity index (χ1v) is 4.75. The van der Waals surface area contributed by atoms with E-state index in [1.54, 1.807) is 13.0 Å². The quantitative estimate of drug-likeness (QED) is 0.288. The lowest BCUT2D eigenvalue weighted by Crippen LogP contribution is -2.21. The minimum atomic E-state index is -0.0570. The van der Waals surface area contributed by atoms with E-state index in [4.69, 9.17) is 0 Å². The van der Waals surface area contributed by atoms with Gasteiger partial charge in [-0.25, -0.2) is 9.79 Å². The van der Waals surface area contributed by atoms with Crippen molar-refractivity contribution in [2.24, 2.45) is 4.99 Å². The standard InChI is InChI=1S/C10H16N2O2/c1-2-6-10(14)12-8-5-3-4-7-11-9-13/h2,6H,3-5,7-8H2,1H3,(H,12,14)/b6-2-. The highest BCUT2D eigenvalue weighted by Gasteiger charge is 1.93. The van der Waals surface area contributed by atoms with Gasteiger partial charge in [-0.05, 0) is 32.3 Å². The fourth-order valence-corrected chi connectivity index (χ4v) is 0.960. The molecular formula is C10H16N2O2. The highest BCUT2D eigenvalue weighted by molar-refractivity contribution is 5.87. The maximum Gasteiger partial charge on any atom is 0.243 e. The number of isocyanates is 1. The Balaban J connectivity index is 3.21. The molecule has 0 aliphatic heterocycles. The van der Waals surface area contributed by atoms with E-state index < -0.39 is 0 Å². The van der Waals surface area contributed by atoms with Crippen LogP contribution in [0.5, 0.6) is 0 Å². The van der Waals surface area contributed by atoms with Crippen LogP contribution in [0.3, 0.4) is 0 Å². The lowest BCUT2D eigenvalue weighted by molar-refractivity contribution is -0.116. The molecule has 0 aromatic rings. The number of allylic oxidation sites excluding steroid dienone is 1. The Labute approximate surface area is 84.1 Å². The first-order valence-electron chi connectivity index (χ1n) is 4.75. The molecule has 1 amide bonds. The molecule has 0 unspecified atom stereocenters. The van der Waals surface area contributed by atoms with E-state index in [1.165, 1.54) is 12.2 Å². The van der Waals surface area contributed by atoms with Gasteiger partial charge >= 0.3 is 0 Å². The third-order valence-corrected chi connectivity index (χ3v) is 1.63. The summed E-state index contributed by atoms with van der Waals surface area (Å²) in [7, 11) is 0. The fourth-order valence-electron chi connectivity index (χ4n) is 0.960. The van der Waals surface area contributed by atoms with Gasteiger partial charge in [0, 0.05) is 6.54 Å². The minimum Gasteiger partial charge on any atom is -0.353 e. The molecule has 1 N–H and O–H groups in total. The van der Waals surface area contributed by atoms with Crippen LogP contribution in [0.4, 0.5) is 0 Å². The Morgan fingerprint density at radius 2 is 2.21 bits per heavy atom. The molecule has 0 aromatic carbocycles. The molecular weight excluding hydrogens is 180 g/mol. The van der Waals surface area contributed by atoms with Crippen molar-refractivity contribution in [2.75, 3.05) is 13.1 Å². The van der Waals surface area contributed by atoms with Crippen molar-refractivity contribution in [3.05, 3.63) is 12.2 Å². The van der Waals surface area contributed by atoms with Crippen molar-refractivity contribution >= 4 is 12.0 Å². The number of hydrogen-bond acceptors (Lipinski definition) is 3. The molecule has 14 heavy (non-hydrogen) atoms. The molecule has 0 radical (unpaired) electrons. The van der Waals surface area contributed by atoms with Gasteiger partial charge in [-0.1, -0.05) is 6.08 Å². The van der Waals surface area contributed by atoms with Gasteiger partial charge in [0.1, 0.15) is 0 Å². The molecule has 4 heteroatoms. The monoisotopic (exact) mass is 196 g/mol. The van der Waals surface area contributed by atoms with Crippen LogP contribution < -0.4 is 5.32 Å². The number of carbonyl (C=O) groups excluding carboxylic acids is 2. The summed E-state index contributed by atoms with van der Waals surface area (Å²) in [5, 5.41) is 2.74. The third kappa shape index (κ3) is 8.68. The SMILES string of the molecule is C/C=C\C(=O)NCCCCCN=C=O. The van der Waals surface area contributed by atoms with Crippen molar-refractivity contribution in [3.63, 3.8) is 0 Å². The third-order valence-electron chi connectivity index (χ3n) is 1.63. The van der Waals surface area contributed by atoms with Crippen LogP contribution in [0, 0.1) is 0 Å². The van der Waals surface area contributed by atoms with Gasteiger partial charge in [0.15, 0.2) is 0 Å². The molecule has 0 aliphatic rings. The van der Waals surface area contributed by atoms with Crippen molar-refractivity contribution in [1.29, 1.82) is 0 Å². The fraction of sp³-hybridized carbons (Fsp3) is 0.600. The van der Waals surface area contributed by atoms with Crippen LogP contribution in [0.1, 0.15) is 26.2 Å². The highest BCUT2D eigenvalue weighted by Crippen LogP contribution is 1.93. The number of nitrogens with one attached hydrogen (secondary N) is 1. The molecule has 0 bridgehead atoms. The average Bonchev–Trinajstić information content (AvgIpc) is 2.17. The van der Waals surface area contributed by atoms with E-state index in [0.717, 1.165) is 19.3 Å². The molecule has 0 aromatic heterocycles. The van der Waals surface area contributed by atoms with E-state index in [9.17, 15) is 9.59 Å². The van der Waals surface area contributed by atoms with Crippen LogP contribution in [-0.2, 0) is 9.59 Å². The zero-order valence-electron chi connectivity index (χ0n) is 8.45. The number of rotatable bonds is 7. The zero-order chi connectivity index (χ0) is 10.6. The molecule has 0 aliphatic carbocycles. The van der Waals surface area contributed by atoms with E-state index in [1.807, 2.05) is 0 Å². The molecule has 0 saturated heterocycles. The highest BCUT2D eigenvalue weighted by atomic mass is 16.1. The second kappa shape index (κ2) is 9.68. The maximum atomic E-state index is 10.9. The summed E-state index contributed by atoms with van der Waals surface area (Å²) in [5.41, 5.74) is 0. The van der Waals surface area contributed by atoms with Crippen molar-refractivity contribution in [3.8, 4) is 0 Å². The molecule has 0 saturated carbocycles. The smallest absolute Gasteiger partial charge is 0.243 e. The van der Waals surface area contributed by atoms with Gasteiger partial charge in [0.25, 0.3) is 0 Å². The average molecular weight is 196 g/mol. The summed E-state index contributed by atoms with van der Waals surface area (Å²) in [6.07, 6.45) is 7.43. The topological polar surface area (TPSA) is 58.5 Å². The lowest BCUT2D eigenvalue weighted by Gasteiger charge is -2.00. The summed E-state index contributed by atoms with van der Waals surface area (Å²) < 4.78 is 0. The first-order chi connectivity index (χ1) is 6.81. The largest absolute Gasteiger partial charge is 0.353 e. The predicted octanol–water partition coefficient (Wildman–Crippen LogP) is 1.18. The molecule has 0 spiro atoms. The summed E-state index contributed by atoms with van der Waals surface area (Å²) in [6, 6.07) is 0. The molecule has 0 atom stereocenters. The van der Waals surface area contributed by atoms with Gasteiger partial charge in [0.2, 0.25) is 12.0 Å². The van der Waals surface area contributed by atoms with E-state index in [0.29, 0.717) is 13.1 Å². The predicted molar refractivity (Wildman–Crippen MR) is 54.7 cm³/mol. The Morgan fingerprint density at radius 1 is 1.43 bits per heavy atom. The molecule has 0 fully saturated rings. The summed E-state index contributed by atoms with van der Waals surface area (Å²) in [5.74, 6) is -0.0570. The first kappa shape index (κ1) is 12.6. The van der Waals surface area contributed by atoms with E-state index in [-0.39, 0.29) is 5.91 Å². The van der Waals surface area contributed by atoms with Crippen LogP contribution in [0.15, 0.2) is 17.1 Å². The molecule has 0 heterocycles. The van der Waals surface area contributed by atoms with Crippen molar-refractivity contribution < 1.29 is 9.59 Å². The number of unbranched alkanes of at least 4 members (excludes halogenated alkanes) is 2. The minimum absolute atomic E-state index is 0.0570. The number of amides is 1. The number of aliphatic imine (C=N–C) groups is 1.